The van der Waals surface area contributed by atoms with Crippen LogP contribution in [0.25, 0.3) is 10.8 Å². The fourth-order valence-electron chi connectivity index (χ4n) is 4.66. The molecule has 0 aliphatic rings. The number of anilines is 1. The molecular formula is C30H25F3N2O5S. The number of hydrogen-bond acceptors (Lipinski definition) is 5. The molecular weight excluding hydrogens is 557 g/mol. The van der Waals surface area contributed by atoms with Gasteiger partial charge in [-0.15, -0.1) is 6.58 Å². The molecule has 0 aliphatic heterocycles. The van der Waals surface area contributed by atoms with Gasteiger partial charge in [-0.25, -0.2) is 17.2 Å². The summed E-state index contributed by atoms with van der Waals surface area (Å²) in [6.45, 7) is 3.55. The summed E-state index contributed by atoms with van der Waals surface area (Å²) in [6.07, 6.45) is -2.39. The van der Waals surface area contributed by atoms with Crippen molar-refractivity contribution in [1.29, 1.82) is 0 Å². The molecule has 3 unspecified atom stereocenters. The van der Waals surface area contributed by atoms with E-state index in [0.717, 1.165) is 24.6 Å². The topological polar surface area (TPSA) is 116 Å². The number of sulfone groups is 1. The zero-order chi connectivity index (χ0) is 29.9. The number of methoxy groups -OCH3 is 1. The quantitative estimate of drug-likeness (QED) is 0.193. The Labute approximate surface area is 234 Å². The van der Waals surface area contributed by atoms with Gasteiger partial charge in [0.15, 0.2) is 27.6 Å². The lowest BCUT2D eigenvalue weighted by Crippen LogP contribution is -2.62. The number of carbonyl (C=O) groups excluding carboxylic acids is 2. The summed E-state index contributed by atoms with van der Waals surface area (Å²) >= 11 is 0. The van der Waals surface area contributed by atoms with Crippen LogP contribution in [0.5, 0.6) is 5.75 Å². The maximum Gasteiger partial charge on any atom is 0.263 e. The van der Waals surface area contributed by atoms with E-state index in [1.807, 2.05) is 0 Å². The van der Waals surface area contributed by atoms with Crippen LogP contribution < -0.4 is 15.8 Å². The van der Waals surface area contributed by atoms with Gasteiger partial charge in [0.2, 0.25) is 5.82 Å². The van der Waals surface area contributed by atoms with Crippen LogP contribution in [0.1, 0.15) is 22.5 Å². The number of hydrogen-bond donors (Lipinski definition) is 2. The number of amides is 2. The number of para-hydroxylation sites is 1. The number of carbonyl (C=O) groups is 2. The average Bonchev–Trinajstić information content (AvgIpc) is 2.95. The van der Waals surface area contributed by atoms with Crippen LogP contribution >= 0.6 is 0 Å². The Morgan fingerprint density at radius 2 is 1.59 bits per heavy atom. The van der Waals surface area contributed by atoms with E-state index in [1.54, 1.807) is 36.4 Å². The van der Waals surface area contributed by atoms with E-state index in [1.165, 1.54) is 36.4 Å². The lowest BCUT2D eigenvalue weighted by atomic mass is 9.93. The molecule has 4 aromatic carbocycles. The van der Waals surface area contributed by atoms with Crippen molar-refractivity contribution < 1.29 is 35.9 Å². The number of fused-ring (bicyclic) bond motifs is 1. The molecule has 0 aliphatic carbocycles. The molecule has 212 valence electrons. The first kappa shape index (κ1) is 29.3. The second kappa shape index (κ2) is 11.5. The molecule has 2 amide bonds. The van der Waals surface area contributed by atoms with E-state index in [2.05, 4.69) is 11.9 Å². The highest BCUT2D eigenvalue weighted by Crippen LogP contribution is 2.45. The van der Waals surface area contributed by atoms with E-state index in [0.29, 0.717) is 11.5 Å². The monoisotopic (exact) mass is 582 g/mol. The normalized spacial score (nSPS) is 14.4. The molecule has 11 heteroatoms. The zero-order valence-corrected chi connectivity index (χ0v) is 22.5. The van der Waals surface area contributed by atoms with Crippen LogP contribution in [0.2, 0.25) is 0 Å². The largest absolute Gasteiger partial charge is 0.494 e. The van der Waals surface area contributed by atoms with Gasteiger partial charge in [0.05, 0.1) is 7.11 Å². The number of nitrogens with one attached hydrogen (secondary N) is 1. The molecule has 0 heterocycles. The Bertz CT molecular complexity index is 1750. The fraction of sp³-hybridized carbons (Fsp3) is 0.133. The third kappa shape index (κ3) is 4.93. The minimum atomic E-state index is -5.41. The Kier molecular flexibility index (Phi) is 8.20. The van der Waals surface area contributed by atoms with Crippen LogP contribution in [0.15, 0.2) is 97.6 Å². The lowest BCUT2D eigenvalue weighted by molar-refractivity contribution is -0.131. The minimum absolute atomic E-state index is 0.00670. The van der Waals surface area contributed by atoms with Gasteiger partial charge in [0.1, 0.15) is 5.25 Å². The number of rotatable bonds is 10. The van der Waals surface area contributed by atoms with Crippen molar-refractivity contribution >= 4 is 38.1 Å². The Morgan fingerprint density at radius 3 is 2.20 bits per heavy atom. The van der Waals surface area contributed by atoms with E-state index >= 15 is 8.78 Å². The number of alkyl halides is 1. The van der Waals surface area contributed by atoms with E-state index in [-0.39, 0.29) is 11.3 Å². The van der Waals surface area contributed by atoms with Crippen LogP contribution in [0, 0.1) is 11.6 Å². The second-order valence-electron chi connectivity index (χ2n) is 9.08. The summed E-state index contributed by atoms with van der Waals surface area (Å²) in [5.41, 5.74) is 4.36. The molecule has 3 atom stereocenters. The van der Waals surface area contributed by atoms with Crippen molar-refractivity contribution in [2.45, 2.75) is 16.2 Å². The summed E-state index contributed by atoms with van der Waals surface area (Å²) in [5, 5.41) is 1.68. The molecule has 0 radical (unpaired) electrons. The third-order valence-electron chi connectivity index (χ3n) is 6.76. The number of ether oxygens (including phenoxy) is 1. The summed E-state index contributed by atoms with van der Waals surface area (Å²) in [5.74, 6) is -7.76. The molecule has 0 saturated carbocycles. The van der Waals surface area contributed by atoms with Gasteiger partial charge in [0, 0.05) is 11.3 Å². The highest BCUT2D eigenvalue weighted by molar-refractivity contribution is 7.95. The molecule has 7 nitrogen and oxygen atoms in total. The second-order valence-corrected chi connectivity index (χ2v) is 11.3. The first-order chi connectivity index (χ1) is 19.5. The maximum absolute atomic E-state index is 16.7. The first-order valence-corrected chi connectivity index (χ1v) is 13.7. The Balaban J connectivity index is 1.99. The van der Waals surface area contributed by atoms with E-state index < -0.39 is 60.8 Å². The fourth-order valence-corrected chi connectivity index (χ4v) is 6.82. The molecule has 0 aromatic heterocycles. The molecule has 0 spiro atoms. The van der Waals surface area contributed by atoms with Crippen molar-refractivity contribution in [1.82, 2.24) is 0 Å². The molecule has 0 bridgehead atoms. The highest BCUT2D eigenvalue weighted by Gasteiger charge is 2.65. The minimum Gasteiger partial charge on any atom is -0.494 e. The average molecular weight is 583 g/mol. The van der Waals surface area contributed by atoms with Crippen LogP contribution in [0.3, 0.4) is 0 Å². The molecule has 0 fully saturated rings. The summed E-state index contributed by atoms with van der Waals surface area (Å²) in [7, 11) is -4.37. The number of nitrogens with two attached hydrogens (primary N) is 1. The van der Waals surface area contributed by atoms with Gasteiger partial charge in [-0.3, -0.25) is 9.59 Å². The van der Waals surface area contributed by atoms with Gasteiger partial charge in [-0.05, 0) is 46.7 Å². The maximum atomic E-state index is 16.7. The molecule has 3 N–H and O–H groups in total. The molecule has 0 saturated heterocycles. The third-order valence-corrected chi connectivity index (χ3v) is 9.39. The van der Waals surface area contributed by atoms with E-state index in [4.69, 9.17) is 10.5 Å². The molecule has 4 rings (SSSR count). The predicted octanol–water partition coefficient (Wildman–Crippen LogP) is 5.34. The van der Waals surface area contributed by atoms with Crippen molar-refractivity contribution in [3.05, 3.63) is 120 Å². The van der Waals surface area contributed by atoms with Crippen molar-refractivity contribution in [2.75, 3.05) is 12.4 Å². The Morgan fingerprint density at radius 1 is 0.951 bits per heavy atom. The number of benzene rings is 4. The van der Waals surface area contributed by atoms with Crippen LogP contribution in [-0.2, 0) is 19.4 Å². The van der Waals surface area contributed by atoms with Crippen LogP contribution in [0.4, 0.5) is 18.9 Å². The van der Waals surface area contributed by atoms with Gasteiger partial charge < -0.3 is 15.8 Å². The predicted molar refractivity (Wildman–Crippen MR) is 150 cm³/mol. The molecule has 41 heavy (non-hydrogen) atoms. The van der Waals surface area contributed by atoms with Crippen LogP contribution in [-0.4, -0.2) is 32.1 Å². The lowest BCUT2D eigenvalue weighted by Gasteiger charge is -2.34. The zero-order valence-electron chi connectivity index (χ0n) is 21.7. The first-order valence-electron chi connectivity index (χ1n) is 12.2. The summed E-state index contributed by atoms with van der Waals surface area (Å²) < 4.78 is 76.2. The van der Waals surface area contributed by atoms with Gasteiger partial charge in [-0.2, -0.15) is 4.39 Å². The number of halogens is 3. The smallest absolute Gasteiger partial charge is 0.263 e. The number of primary amides is 1. The SMILES string of the molecule is C=CC(c1ccc2ccccc2c1)S(=O)(=O)C(C(N)=O)(C(=O)Nc1ccccc1)C(F)c1ccc(OC)c(F)c1F. The van der Waals surface area contributed by atoms with Crippen molar-refractivity contribution in [3.63, 3.8) is 0 Å². The summed E-state index contributed by atoms with van der Waals surface area (Å²) in [6, 6.07) is 20.2. The van der Waals surface area contributed by atoms with Gasteiger partial charge >= 0.3 is 0 Å². The molecule has 4 aromatic rings. The van der Waals surface area contributed by atoms with Crippen molar-refractivity contribution in [2.24, 2.45) is 5.73 Å². The standard InChI is InChI=1S/C30H25F3N2O5S/c1-3-24(20-14-13-18-9-7-8-10-19(18)17-20)41(38,39)30(28(34)36,29(37)35-21-11-5-4-6-12-21)27(33)22-15-16-23(40-2)26(32)25(22)31/h3-17,24,27H,1H2,2H3,(H2,34,36)(H,35,37). The van der Waals surface area contributed by atoms with Crippen molar-refractivity contribution in [3.8, 4) is 5.75 Å². The highest BCUT2D eigenvalue weighted by atomic mass is 32.2. The summed E-state index contributed by atoms with van der Waals surface area (Å²) in [4.78, 5) is 27.0. The Hall–Kier alpha value is -4.64. The van der Waals surface area contributed by atoms with Gasteiger partial charge in [-0.1, -0.05) is 60.7 Å². The van der Waals surface area contributed by atoms with Gasteiger partial charge in [0.25, 0.3) is 16.6 Å². The van der Waals surface area contributed by atoms with E-state index in [9.17, 15) is 22.4 Å².